The topological polar surface area (TPSA) is 33.1 Å². The second-order valence-electron chi connectivity index (χ2n) is 6.83. The first-order chi connectivity index (χ1) is 9.44. The Bertz CT molecular complexity index is 424. The largest absolute Gasteiger partial charge is 0.311 e. The summed E-state index contributed by atoms with van der Waals surface area (Å²) in [7, 11) is 2.03. The van der Waals surface area contributed by atoms with Crippen LogP contribution in [0, 0.1) is 5.92 Å². The van der Waals surface area contributed by atoms with Crippen molar-refractivity contribution in [3.63, 3.8) is 0 Å². The van der Waals surface area contributed by atoms with E-state index in [4.69, 9.17) is 0 Å². The third kappa shape index (κ3) is 3.41. The monoisotopic (exact) mass is 278 g/mol. The van der Waals surface area contributed by atoms with Crippen LogP contribution in [0.2, 0.25) is 0 Å². The van der Waals surface area contributed by atoms with E-state index in [1.165, 1.54) is 12.1 Å². The zero-order chi connectivity index (χ0) is 14.8. The van der Waals surface area contributed by atoms with Crippen LogP contribution in [-0.2, 0) is 13.5 Å². The summed E-state index contributed by atoms with van der Waals surface area (Å²) in [6, 6.07) is 2.75. The highest BCUT2D eigenvalue weighted by molar-refractivity contribution is 5.02. The molecule has 0 aromatic carbocycles. The predicted molar refractivity (Wildman–Crippen MR) is 83.8 cm³/mol. The van der Waals surface area contributed by atoms with E-state index in [0.29, 0.717) is 6.04 Å². The summed E-state index contributed by atoms with van der Waals surface area (Å²) in [6.07, 6.45) is 4.21. The normalized spacial score (nSPS) is 24.8. The lowest BCUT2D eigenvalue weighted by atomic mass is 9.90. The number of aromatic nitrogens is 2. The van der Waals surface area contributed by atoms with Crippen LogP contribution < -0.4 is 5.32 Å². The maximum atomic E-state index is 4.26. The lowest BCUT2D eigenvalue weighted by molar-refractivity contribution is 0.0526. The van der Waals surface area contributed by atoms with Gasteiger partial charge in [-0.1, -0.05) is 20.3 Å². The molecule has 0 amide bonds. The van der Waals surface area contributed by atoms with Gasteiger partial charge in [0.1, 0.15) is 0 Å². The van der Waals surface area contributed by atoms with Crippen LogP contribution in [0.3, 0.4) is 0 Å². The van der Waals surface area contributed by atoms with E-state index in [-0.39, 0.29) is 5.54 Å². The van der Waals surface area contributed by atoms with E-state index in [2.05, 4.69) is 49.1 Å². The maximum Gasteiger partial charge on any atom is 0.0492 e. The smallest absolute Gasteiger partial charge is 0.0492 e. The van der Waals surface area contributed by atoms with Crippen molar-refractivity contribution in [1.82, 2.24) is 20.0 Å². The highest BCUT2D eigenvalue weighted by atomic mass is 15.3. The van der Waals surface area contributed by atoms with Crippen LogP contribution in [0.25, 0.3) is 0 Å². The van der Waals surface area contributed by atoms with Crippen LogP contribution in [0.5, 0.6) is 0 Å². The maximum absolute atomic E-state index is 4.26. The lowest BCUT2D eigenvalue weighted by Gasteiger charge is -2.47. The minimum absolute atomic E-state index is 0.239. The third-order valence-electron chi connectivity index (χ3n) is 4.96. The van der Waals surface area contributed by atoms with Gasteiger partial charge in [0, 0.05) is 56.6 Å². The Balaban J connectivity index is 1.97. The standard InChI is InChI=1S/C16H30N4/c1-6-13(2)15-11-20(16(3,4)12-17-15)10-8-14-7-9-18-19(14)5/h7,9,13,15,17H,6,8,10-12H2,1-5H3. The van der Waals surface area contributed by atoms with Crippen LogP contribution in [0.1, 0.15) is 39.8 Å². The van der Waals surface area contributed by atoms with Gasteiger partial charge >= 0.3 is 0 Å². The first-order valence-corrected chi connectivity index (χ1v) is 7.89. The molecule has 114 valence electrons. The van der Waals surface area contributed by atoms with E-state index in [0.717, 1.165) is 32.0 Å². The molecule has 1 N–H and O–H groups in total. The average Bonchev–Trinajstić information content (AvgIpc) is 2.82. The van der Waals surface area contributed by atoms with Crippen LogP contribution in [0.4, 0.5) is 0 Å². The van der Waals surface area contributed by atoms with Crippen molar-refractivity contribution in [2.45, 2.75) is 52.1 Å². The van der Waals surface area contributed by atoms with Crippen LogP contribution in [-0.4, -0.2) is 45.9 Å². The third-order valence-corrected chi connectivity index (χ3v) is 4.96. The van der Waals surface area contributed by atoms with E-state index in [1.807, 2.05) is 17.9 Å². The molecular formula is C16H30N4. The van der Waals surface area contributed by atoms with Gasteiger partial charge in [0.05, 0.1) is 0 Å². The van der Waals surface area contributed by atoms with E-state index in [1.54, 1.807) is 0 Å². The molecular weight excluding hydrogens is 248 g/mol. The number of aryl methyl sites for hydroxylation is 1. The Morgan fingerprint density at radius 2 is 2.25 bits per heavy atom. The van der Waals surface area contributed by atoms with Gasteiger partial charge in [0.15, 0.2) is 0 Å². The van der Waals surface area contributed by atoms with Crippen molar-refractivity contribution in [2.24, 2.45) is 13.0 Å². The molecule has 0 aliphatic carbocycles. The predicted octanol–water partition coefficient (Wildman–Crippen LogP) is 2.06. The lowest BCUT2D eigenvalue weighted by Crippen LogP contribution is -2.63. The van der Waals surface area contributed by atoms with Gasteiger partial charge < -0.3 is 5.32 Å². The summed E-state index contributed by atoms with van der Waals surface area (Å²) >= 11 is 0. The molecule has 1 aromatic rings. The number of hydrogen-bond acceptors (Lipinski definition) is 3. The highest BCUT2D eigenvalue weighted by Gasteiger charge is 2.35. The first kappa shape index (κ1) is 15.5. The van der Waals surface area contributed by atoms with Gasteiger partial charge in [-0.15, -0.1) is 0 Å². The molecule has 2 unspecified atom stereocenters. The van der Waals surface area contributed by atoms with Crippen LogP contribution in [0.15, 0.2) is 12.3 Å². The highest BCUT2D eigenvalue weighted by Crippen LogP contribution is 2.22. The van der Waals surface area contributed by atoms with Gasteiger partial charge in [0.25, 0.3) is 0 Å². The molecule has 0 radical (unpaired) electrons. The number of nitrogens with one attached hydrogen (secondary N) is 1. The Hall–Kier alpha value is -0.870. The van der Waals surface area contributed by atoms with Crippen LogP contribution >= 0.6 is 0 Å². The quantitative estimate of drug-likeness (QED) is 0.895. The first-order valence-electron chi connectivity index (χ1n) is 7.89. The van der Waals surface area contributed by atoms with Crippen molar-refractivity contribution < 1.29 is 0 Å². The molecule has 2 atom stereocenters. The molecule has 0 bridgehead atoms. The minimum Gasteiger partial charge on any atom is -0.311 e. The summed E-state index contributed by atoms with van der Waals surface area (Å²) in [5.41, 5.74) is 1.56. The van der Waals surface area contributed by atoms with Gasteiger partial charge in [0.2, 0.25) is 0 Å². The fourth-order valence-corrected chi connectivity index (χ4v) is 3.00. The fourth-order valence-electron chi connectivity index (χ4n) is 3.00. The molecule has 4 heteroatoms. The van der Waals surface area contributed by atoms with Gasteiger partial charge in [-0.2, -0.15) is 5.10 Å². The average molecular weight is 278 g/mol. The van der Waals surface area contributed by atoms with Crippen molar-refractivity contribution in [3.05, 3.63) is 18.0 Å². The van der Waals surface area contributed by atoms with Crippen molar-refractivity contribution in [3.8, 4) is 0 Å². The summed E-state index contributed by atoms with van der Waals surface area (Å²) < 4.78 is 1.99. The molecule has 2 heterocycles. The Labute approximate surface area is 123 Å². The zero-order valence-corrected chi connectivity index (χ0v) is 13.7. The molecule has 1 saturated heterocycles. The van der Waals surface area contributed by atoms with Gasteiger partial charge in [-0.25, -0.2) is 0 Å². The summed E-state index contributed by atoms with van der Waals surface area (Å²) in [5.74, 6) is 0.741. The Morgan fingerprint density at radius 1 is 1.50 bits per heavy atom. The molecule has 0 spiro atoms. The molecule has 1 aliphatic rings. The van der Waals surface area contributed by atoms with E-state index < -0.39 is 0 Å². The SMILES string of the molecule is CCC(C)C1CN(CCc2ccnn2C)C(C)(C)CN1. The molecule has 1 aliphatic heterocycles. The molecule has 20 heavy (non-hydrogen) atoms. The zero-order valence-electron chi connectivity index (χ0n) is 13.7. The Morgan fingerprint density at radius 3 is 2.85 bits per heavy atom. The Kier molecular flexibility index (Phi) is 4.86. The van der Waals surface area contributed by atoms with Crippen molar-refractivity contribution >= 4 is 0 Å². The van der Waals surface area contributed by atoms with Crippen molar-refractivity contribution in [2.75, 3.05) is 19.6 Å². The summed E-state index contributed by atoms with van der Waals surface area (Å²) in [5, 5.41) is 7.99. The number of hydrogen-bond donors (Lipinski definition) is 1. The van der Waals surface area contributed by atoms with E-state index in [9.17, 15) is 0 Å². The second-order valence-corrected chi connectivity index (χ2v) is 6.83. The number of nitrogens with zero attached hydrogens (tertiary/aromatic N) is 3. The molecule has 1 aromatic heterocycles. The molecule has 0 saturated carbocycles. The fraction of sp³-hybridized carbons (Fsp3) is 0.812. The molecule has 1 fully saturated rings. The number of rotatable bonds is 5. The minimum atomic E-state index is 0.239. The second kappa shape index (κ2) is 6.27. The molecule has 4 nitrogen and oxygen atoms in total. The summed E-state index contributed by atoms with van der Waals surface area (Å²) in [4.78, 5) is 2.65. The van der Waals surface area contributed by atoms with Crippen molar-refractivity contribution in [1.29, 1.82) is 0 Å². The van der Waals surface area contributed by atoms with Gasteiger partial charge in [-0.05, 0) is 25.8 Å². The van der Waals surface area contributed by atoms with Gasteiger partial charge in [-0.3, -0.25) is 9.58 Å². The molecule has 2 rings (SSSR count). The number of piperazine rings is 1. The summed E-state index contributed by atoms with van der Waals surface area (Å²) in [6.45, 7) is 12.7. The van der Waals surface area contributed by atoms with E-state index >= 15 is 0 Å².